The van der Waals surface area contributed by atoms with Crippen LogP contribution in [0.15, 0.2) is 47.8 Å². The first-order chi connectivity index (χ1) is 13.9. The van der Waals surface area contributed by atoms with Gasteiger partial charge in [0.25, 0.3) is 11.8 Å². The van der Waals surface area contributed by atoms with Gasteiger partial charge in [0.2, 0.25) is 0 Å². The topological polar surface area (TPSA) is 72.4 Å². The Morgan fingerprint density at radius 1 is 1.17 bits per heavy atom. The molecule has 0 bridgehead atoms. The molecule has 0 aliphatic carbocycles. The Hall–Kier alpha value is -3.13. The van der Waals surface area contributed by atoms with Gasteiger partial charge in [0.15, 0.2) is 17.7 Å². The molecule has 2 aromatic heterocycles. The maximum absolute atomic E-state index is 13.6. The van der Waals surface area contributed by atoms with E-state index in [1.165, 1.54) is 30.0 Å². The van der Waals surface area contributed by atoms with Gasteiger partial charge in [-0.1, -0.05) is 18.2 Å². The number of hydrazine groups is 1. The van der Waals surface area contributed by atoms with Crippen molar-refractivity contribution in [2.24, 2.45) is 0 Å². The Kier molecular flexibility index (Phi) is 6.33. The van der Waals surface area contributed by atoms with Gasteiger partial charge in [0, 0.05) is 16.3 Å². The molecule has 152 valence electrons. The normalized spacial score (nSPS) is 11.7. The molecule has 1 unspecified atom stereocenters. The summed E-state index contributed by atoms with van der Waals surface area (Å²) >= 11 is 1.65. The summed E-state index contributed by atoms with van der Waals surface area (Å²) in [6.07, 6.45) is -0.988. The lowest BCUT2D eigenvalue weighted by Gasteiger charge is -2.15. The Balaban J connectivity index is 1.60. The number of rotatable bonds is 6. The minimum Gasteiger partial charge on any atom is -0.478 e. The van der Waals surface area contributed by atoms with Crippen LogP contribution in [0.1, 0.15) is 33.5 Å². The molecule has 8 heteroatoms. The number of carbonyl (C=O) groups is 2. The fourth-order valence-corrected chi connectivity index (χ4v) is 3.60. The summed E-state index contributed by atoms with van der Waals surface area (Å²) < 4.78 is 21.0. The number of para-hydroxylation sites is 1. The van der Waals surface area contributed by atoms with Crippen LogP contribution >= 0.6 is 11.3 Å². The highest BCUT2D eigenvalue weighted by Crippen LogP contribution is 2.19. The van der Waals surface area contributed by atoms with Gasteiger partial charge in [-0.05, 0) is 50.4 Å². The lowest BCUT2D eigenvalue weighted by molar-refractivity contribution is -0.128. The predicted octanol–water partition coefficient (Wildman–Crippen LogP) is 3.58. The first-order valence-electron chi connectivity index (χ1n) is 9.07. The molecule has 0 spiro atoms. The van der Waals surface area contributed by atoms with E-state index in [9.17, 15) is 14.0 Å². The molecule has 2 heterocycles. The number of amides is 2. The lowest BCUT2D eigenvalue weighted by Crippen LogP contribution is -2.47. The molecular weight excluding hydrogens is 393 g/mol. The average Bonchev–Trinajstić information content (AvgIpc) is 3.31. The summed E-state index contributed by atoms with van der Waals surface area (Å²) in [5.41, 5.74) is 6.95. The molecule has 0 saturated carbocycles. The zero-order valence-electron chi connectivity index (χ0n) is 16.4. The Morgan fingerprint density at radius 3 is 2.62 bits per heavy atom. The van der Waals surface area contributed by atoms with Crippen LogP contribution in [0.25, 0.3) is 0 Å². The third-order valence-electron chi connectivity index (χ3n) is 4.52. The molecule has 3 rings (SSSR count). The van der Waals surface area contributed by atoms with Gasteiger partial charge in [-0.3, -0.25) is 20.4 Å². The number of benzene rings is 1. The van der Waals surface area contributed by atoms with Crippen LogP contribution in [0, 0.1) is 19.7 Å². The predicted molar refractivity (Wildman–Crippen MR) is 109 cm³/mol. The van der Waals surface area contributed by atoms with Gasteiger partial charge in [-0.25, -0.2) is 4.39 Å². The summed E-state index contributed by atoms with van der Waals surface area (Å²) in [5, 5.41) is 2.01. The Morgan fingerprint density at radius 2 is 1.93 bits per heavy atom. The van der Waals surface area contributed by atoms with Crippen molar-refractivity contribution in [1.29, 1.82) is 0 Å². The zero-order valence-corrected chi connectivity index (χ0v) is 17.2. The van der Waals surface area contributed by atoms with E-state index < -0.39 is 23.7 Å². The molecular formula is C21H22FN3O3S. The average molecular weight is 415 g/mol. The summed E-state index contributed by atoms with van der Waals surface area (Å²) in [5.74, 6) is -1.61. The first kappa shape index (κ1) is 20.6. The molecule has 0 saturated heterocycles. The number of halogens is 1. The highest BCUT2D eigenvalue weighted by atomic mass is 32.1. The van der Waals surface area contributed by atoms with Crippen LogP contribution in [0.5, 0.6) is 5.75 Å². The number of hydrogen-bond acceptors (Lipinski definition) is 4. The second-order valence-corrected chi connectivity index (χ2v) is 7.62. The summed E-state index contributed by atoms with van der Waals surface area (Å²) in [7, 11) is 0. The number of ether oxygens (including phenoxy) is 1. The standard InChI is InChI=1S/C21H22FN3O3S/c1-13-11-17(14(2)25(13)12-16-7-6-10-29-16)21(27)24-23-20(26)15(3)28-19-9-5-4-8-18(19)22/h4-11,15H,12H2,1-3H3,(H,23,26)(H,24,27). The number of aromatic nitrogens is 1. The molecule has 2 N–H and O–H groups in total. The number of nitrogens with one attached hydrogen (secondary N) is 2. The van der Waals surface area contributed by atoms with E-state index in [2.05, 4.69) is 10.9 Å². The Labute approximate surface area is 172 Å². The molecule has 0 aliphatic heterocycles. The van der Waals surface area contributed by atoms with E-state index in [1.807, 2.05) is 35.9 Å². The van der Waals surface area contributed by atoms with Crippen molar-refractivity contribution in [3.8, 4) is 5.75 Å². The number of thiophene rings is 1. The fraction of sp³-hybridized carbons (Fsp3) is 0.238. The molecule has 29 heavy (non-hydrogen) atoms. The third-order valence-corrected chi connectivity index (χ3v) is 5.38. The van der Waals surface area contributed by atoms with Crippen molar-refractivity contribution in [2.45, 2.75) is 33.4 Å². The van der Waals surface area contributed by atoms with Gasteiger partial charge in [-0.15, -0.1) is 11.3 Å². The number of nitrogens with zero attached hydrogens (tertiary/aromatic N) is 1. The second-order valence-electron chi connectivity index (χ2n) is 6.58. The minimum absolute atomic E-state index is 0.0291. The maximum atomic E-state index is 13.6. The van der Waals surface area contributed by atoms with Crippen molar-refractivity contribution in [1.82, 2.24) is 15.4 Å². The van der Waals surface area contributed by atoms with Crippen LogP contribution in [0.3, 0.4) is 0 Å². The van der Waals surface area contributed by atoms with Crippen LogP contribution in [0.2, 0.25) is 0 Å². The van der Waals surface area contributed by atoms with Crippen molar-refractivity contribution >= 4 is 23.2 Å². The number of carbonyl (C=O) groups excluding carboxylic acids is 2. The van der Waals surface area contributed by atoms with Crippen molar-refractivity contribution < 1.29 is 18.7 Å². The summed E-state index contributed by atoms with van der Waals surface area (Å²) in [6.45, 7) is 5.95. The smallest absolute Gasteiger partial charge is 0.279 e. The highest BCUT2D eigenvalue weighted by molar-refractivity contribution is 7.09. The molecule has 1 aromatic carbocycles. The lowest BCUT2D eigenvalue weighted by atomic mass is 10.2. The van der Waals surface area contributed by atoms with Crippen LogP contribution < -0.4 is 15.6 Å². The summed E-state index contributed by atoms with van der Waals surface area (Å²) in [4.78, 5) is 25.9. The molecule has 1 atom stereocenters. The quantitative estimate of drug-likeness (QED) is 0.605. The van der Waals surface area contributed by atoms with Crippen LogP contribution in [0.4, 0.5) is 4.39 Å². The maximum Gasteiger partial charge on any atom is 0.279 e. The van der Waals surface area contributed by atoms with Gasteiger partial charge in [0.05, 0.1) is 12.1 Å². The summed E-state index contributed by atoms with van der Waals surface area (Å²) in [6, 6.07) is 11.6. The van der Waals surface area contributed by atoms with Gasteiger partial charge in [-0.2, -0.15) is 0 Å². The third kappa shape index (κ3) is 4.83. The largest absolute Gasteiger partial charge is 0.478 e. The zero-order chi connectivity index (χ0) is 21.0. The van der Waals surface area contributed by atoms with Crippen molar-refractivity contribution in [2.75, 3.05) is 0 Å². The minimum atomic E-state index is -0.988. The molecule has 0 fully saturated rings. The Bertz CT molecular complexity index is 1010. The van der Waals surface area contributed by atoms with Crippen molar-refractivity contribution in [3.63, 3.8) is 0 Å². The molecule has 6 nitrogen and oxygen atoms in total. The molecule has 0 radical (unpaired) electrons. The monoisotopic (exact) mass is 415 g/mol. The molecule has 2 amide bonds. The van der Waals surface area contributed by atoms with E-state index in [0.717, 1.165) is 11.4 Å². The van der Waals surface area contributed by atoms with Gasteiger partial charge >= 0.3 is 0 Å². The second kappa shape index (κ2) is 8.91. The highest BCUT2D eigenvalue weighted by Gasteiger charge is 2.20. The van der Waals surface area contributed by atoms with Crippen molar-refractivity contribution in [3.05, 3.63) is 75.5 Å². The van der Waals surface area contributed by atoms with Gasteiger partial charge < -0.3 is 9.30 Å². The van der Waals surface area contributed by atoms with E-state index in [0.29, 0.717) is 12.1 Å². The van der Waals surface area contributed by atoms with Crippen LogP contribution in [-0.4, -0.2) is 22.5 Å². The SMILES string of the molecule is Cc1cc(C(=O)NNC(=O)C(C)Oc2ccccc2F)c(C)n1Cc1cccs1. The molecule has 3 aromatic rings. The number of aryl methyl sites for hydroxylation is 1. The van der Waals surface area contributed by atoms with E-state index in [1.54, 1.807) is 23.5 Å². The van der Waals surface area contributed by atoms with E-state index in [4.69, 9.17) is 4.74 Å². The fourth-order valence-electron chi connectivity index (χ4n) is 2.90. The van der Waals surface area contributed by atoms with Gasteiger partial charge in [0.1, 0.15) is 0 Å². The van der Waals surface area contributed by atoms with Crippen LogP contribution in [-0.2, 0) is 11.3 Å². The first-order valence-corrected chi connectivity index (χ1v) is 9.95. The number of hydrogen-bond donors (Lipinski definition) is 2. The van der Waals surface area contributed by atoms with E-state index in [-0.39, 0.29) is 5.75 Å². The molecule has 0 aliphatic rings. The van der Waals surface area contributed by atoms with E-state index >= 15 is 0 Å².